The van der Waals surface area contributed by atoms with Gasteiger partial charge in [0.25, 0.3) is 0 Å². The van der Waals surface area contributed by atoms with E-state index in [0.29, 0.717) is 18.7 Å². The van der Waals surface area contributed by atoms with Crippen LogP contribution in [0, 0.1) is 0 Å². The van der Waals surface area contributed by atoms with Crippen LogP contribution in [0.5, 0.6) is 5.75 Å². The van der Waals surface area contributed by atoms with Gasteiger partial charge in [-0.3, -0.25) is 9.59 Å². The highest BCUT2D eigenvalue weighted by molar-refractivity contribution is 5.92. The summed E-state index contributed by atoms with van der Waals surface area (Å²) in [4.78, 5) is 27.8. The van der Waals surface area contributed by atoms with Crippen molar-refractivity contribution in [2.45, 2.75) is 25.8 Å². The second kappa shape index (κ2) is 5.15. The van der Waals surface area contributed by atoms with Gasteiger partial charge in [-0.25, -0.2) is 0 Å². The van der Waals surface area contributed by atoms with Crippen LogP contribution in [0.25, 0.3) is 0 Å². The minimum absolute atomic E-state index is 0.0608. The van der Waals surface area contributed by atoms with Crippen LogP contribution in [0.4, 0.5) is 0 Å². The van der Waals surface area contributed by atoms with Gasteiger partial charge < -0.3 is 14.9 Å². The molecule has 1 aliphatic rings. The van der Waals surface area contributed by atoms with Gasteiger partial charge in [0.15, 0.2) is 0 Å². The third-order valence-corrected chi connectivity index (χ3v) is 3.84. The molecular weight excluding hydrogens is 256 g/mol. The van der Waals surface area contributed by atoms with Crippen molar-refractivity contribution in [2.24, 2.45) is 0 Å². The molecule has 5 nitrogen and oxygen atoms in total. The van der Waals surface area contributed by atoms with Crippen LogP contribution < -0.4 is 0 Å². The molecule has 0 spiro atoms. The Balaban J connectivity index is 2.17. The molecule has 1 aromatic rings. The molecule has 0 radical (unpaired) electrons. The number of hydrogen-bond acceptors (Lipinski definition) is 3. The second-order valence-corrected chi connectivity index (χ2v) is 5.64. The Morgan fingerprint density at radius 3 is 2.60 bits per heavy atom. The maximum Gasteiger partial charge on any atom is 0.247 e. The fraction of sp³-hybridized carbons (Fsp3) is 0.467. The summed E-state index contributed by atoms with van der Waals surface area (Å²) in [6.45, 7) is 4.57. The number of hydrogen-bond donors (Lipinski definition) is 1. The van der Waals surface area contributed by atoms with Crippen molar-refractivity contribution >= 4 is 11.8 Å². The van der Waals surface area contributed by atoms with Crippen molar-refractivity contribution in [3.63, 3.8) is 0 Å². The predicted octanol–water partition coefficient (Wildman–Crippen LogP) is 1.01. The number of carbonyl (C=O) groups is 2. The number of aromatic hydroxyl groups is 1. The van der Waals surface area contributed by atoms with Crippen LogP contribution in [0.1, 0.15) is 19.4 Å². The summed E-state index contributed by atoms with van der Waals surface area (Å²) in [5, 5.41) is 9.74. The monoisotopic (exact) mass is 276 g/mol. The van der Waals surface area contributed by atoms with Gasteiger partial charge in [0.05, 0.1) is 6.42 Å². The zero-order valence-corrected chi connectivity index (χ0v) is 12.1. The number of para-hydroxylation sites is 1. The van der Waals surface area contributed by atoms with Gasteiger partial charge in [-0.15, -0.1) is 0 Å². The van der Waals surface area contributed by atoms with E-state index in [0.717, 1.165) is 0 Å². The van der Waals surface area contributed by atoms with E-state index in [4.69, 9.17) is 0 Å². The number of phenols is 1. The Hall–Kier alpha value is -2.04. The Morgan fingerprint density at radius 2 is 1.95 bits per heavy atom. The van der Waals surface area contributed by atoms with Crippen molar-refractivity contribution in [3.05, 3.63) is 29.8 Å². The Morgan fingerprint density at radius 1 is 1.30 bits per heavy atom. The fourth-order valence-corrected chi connectivity index (χ4v) is 2.57. The first kappa shape index (κ1) is 14.4. The molecule has 1 N–H and O–H groups in total. The van der Waals surface area contributed by atoms with Gasteiger partial charge in [-0.05, 0) is 19.9 Å². The molecule has 20 heavy (non-hydrogen) atoms. The molecule has 5 heteroatoms. The molecule has 1 aromatic carbocycles. The molecule has 0 aromatic heterocycles. The number of carbonyl (C=O) groups excluding carboxylic acids is 2. The molecule has 0 aliphatic carbocycles. The molecule has 0 bridgehead atoms. The van der Waals surface area contributed by atoms with Crippen LogP contribution >= 0.6 is 0 Å². The highest BCUT2D eigenvalue weighted by Gasteiger charge is 2.42. The fourth-order valence-electron chi connectivity index (χ4n) is 2.57. The molecule has 0 unspecified atom stereocenters. The molecule has 0 atom stereocenters. The zero-order chi connectivity index (χ0) is 14.9. The van der Waals surface area contributed by atoms with E-state index in [-0.39, 0.29) is 24.0 Å². The minimum Gasteiger partial charge on any atom is -0.508 e. The smallest absolute Gasteiger partial charge is 0.247 e. The maximum absolute atomic E-state index is 12.4. The number of benzene rings is 1. The Labute approximate surface area is 118 Å². The quantitative estimate of drug-likeness (QED) is 0.877. The predicted molar refractivity (Wildman–Crippen MR) is 75.2 cm³/mol. The molecule has 1 heterocycles. The number of piperazine rings is 1. The third kappa shape index (κ3) is 2.48. The van der Waals surface area contributed by atoms with Crippen molar-refractivity contribution < 1.29 is 14.7 Å². The Bertz CT molecular complexity index is 540. The summed E-state index contributed by atoms with van der Waals surface area (Å²) in [6, 6.07) is 6.77. The molecule has 108 valence electrons. The van der Waals surface area contributed by atoms with E-state index in [2.05, 4.69) is 0 Å². The van der Waals surface area contributed by atoms with E-state index in [1.807, 2.05) is 0 Å². The van der Waals surface area contributed by atoms with Gasteiger partial charge in [-0.2, -0.15) is 0 Å². The summed E-state index contributed by atoms with van der Waals surface area (Å²) in [6.07, 6.45) is 0.104. The summed E-state index contributed by atoms with van der Waals surface area (Å²) in [5.74, 6) is -0.0913. The van der Waals surface area contributed by atoms with E-state index < -0.39 is 5.54 Å². The maximum atomic E-state index is 12.4. The number of likely N-dealkylation sites (N-methyl/N-ethyl adjacent to an activating group) is 1. The van der Waals surface area contributed by atoms with Crippen LogP contribution in [0.3, 0.4) is 0 Å². The molecule has 2 rings (SSSR count). The van der Waals surface area contributed by atoms with Crippen molar-refractivity contribution in [3.8, 4) is 5.75 Å². The highest BCUT2D eigenvalue weighted by Crippen LogP contribution is 2.24. The molecule has 2 amide bonds. The third-order valence-electron chi connectivity index (χ3n) is 3.84. The summed E-state index contributed by atoms with van der Waals surface area (Å²) in [5.41, 5.74) is -0.256. The molecule has 1 fully saturated rings. The lowest BCUT2D eigenvalue weighted by Crippen LogP contribution is -2.63. The van der Waals surface area contributed by atoms with Gasteiger partial charge in [-0.1, -0.05) is 18.2 Å². The van der Waals surface area contributed by atoms with E-state index >= 15 is 0 Å². The summed E-state index contributed by atoms with van der Waals surface area (Å²) in [7, 11) is 1.74. The highest BCUT2D eigenvalue weighted by atomic mass is 16.3. The average molecular weight is 276 g/mol. The van der Waals surface area contributed by atoms with Gasteiger partial charge in [0.1, 0.15) is 11.3 Å². The first-order valence-corrected chi connectivity index (χ1v) is 6.67. The lowest BCUT2D eigenvalue weighted by Gasteiger charge is -2.44. The first-order valence-electron chi connectivity index (χ1n) is 6.67. The lowest BCUT2D eigenvalue weighted by molar-refractivity contribution is -0.156. The largest absolute Gasteiger partial charge is 0.508 e. The standard InChI is InChI=1S/C15H20N2O3/c1-15(2)14(20)16(3)8-9-17(15)13(19)10-11-6-4-5-7-12(11)18/h4-7,18H,8-10H2,1-3H3. The molecular formula is C15H20N2O3. The lowest BCUT2D eigenvalue weighted by atomic mass is 9.96. The van der Waals surface area contributed by atoms with Gasteiger partial charge in [0, 0.05) is 25.7 Å². The topological polar surface area (TPSA) is 60.9 Å². The normalized spacial score (nSPS) is 18.2. The van der Waals surface area contributed by atoms with E-state index in [9.17, 15) is 14.7 Å². The number of amides is 2. The average Bonchev–Trinajstić information content (AvgIpc) is 2.38. The zero-order valence-electron chi connectivity index (χ0n) is 12.1. The van der Waals surface area contributed by atoms with Crippen molar-refractivity contribution in [2.75, 3.05) is 20.1 Å². The van der Waals surface area contributed by atoms with Crippen LogP contribution in [-0.4, -0.2) is 52.4 Å². The first-order chi connectivity index (χ1) is 9.34. The van der Waals surface area contributed by atoms with Crippen molar-refractivity contribution in [1.29, 1.82) is 0 Å². The molecule has 0 saturated carbocycles. The van der Waals surface area contributed by atoms with Crippen LogP contribution in [0.15, 0.2) is 24.3 Å². The minimum atomic E-state index is -0.839. The number of rotatable bonds is 2. The van der Waals surface area contributed by atoms with Crippen molar-refractivity contribution in [1.82, 2.24) is 9.80 Å². The molecule has 1 saturated heterocycles. The van der Waals surface area contributed by atoms with Crippen LogP contribution in [0.2, 0.25) is 0 Å². The SMILES string of the molecule is CN1CCN(C(=O)Cc2ccccc2O)C(C)(C)C1=O. The number of nitrogens with zero attached hydrogens (tertiary/aromatic N) is 2. The summed E-state index contributed by atoms with van der Waals surface area (Å²) >= 11 is 0. The van der Waals surface area contributed by atoms with Crippen LogP contribution in [-0.2, 0) is 16.0 Å². The van der Waals surface area contributed by atoms with Gasteiger partial charge in [0.2, 0.25) is 11.8 Å². The number of phenolic OH excluding ortho intramolecular Hbond substituents is 1. The second-order valence-electron chi connectivity index (χ2n) is 5.64. The van der Waals surface area contributed by atoms with Gasteiger partial charge >= 0.3 is 0 Å². The van der Waals surface area contributed by atoms with E-state index in [1.165, 1.54) is 0 Å². The van der Waals surface area contributed by atoms with E-state index in [1.54, 1.807) is 55.0 Å². The Kier molecular flexibility index (Phi) is 3.70. The summed E-state index contributed by atoms with van der Waals surface area (Å²) < 4.78 is 0. The molecule has 1 aliphatic heterocycles.